The Bertz CT molecular complexity index is 794. The van der Waals surface area contributed by atoms with Gasteiger partial charge in [-0.3, -0.25) is 4.79 Å². The van der Waals surface area contributed by atoms with Crippen LogP contribution in [-0.4, -0.2) is 44.0 Å². The second kappa shape index (κ2) is 8.04. The third-order valence-electron chi connectivity index (χ3n) is 8.00. The Morgan fingerprint density at radius 1 is 1.33 bits per heavy atom. The number of carbonyl (C=O) groups is 1. The van der Waals surface area contributed by atoms with E-state index >= 15 is 0 Å². The highest BCUT2D eigenvalue weighted by Gasteiger charge is 2.68. The van der Waals surface area contributed by atoms with Crippen molar-refractivity contribution in [2.45, 2.75) is 58.6 Å². The number of methoxy groups -OCH3 is 1. The van der Waals surface area contributed by atoms with Crippen LogP contribution in [0.3, 0.4) is 0 Å². The van der Waals surface area contributed by atoms with Gasteiger partial charge in [-0.1, -0.05) is 26.8 Å². The Kier molecular flexibility index (Phi) is 5.75. The number of benzene rings is 1. The van der Waals surface area contributed by atoms with Gasteiger partial charge in [0.15, 0.2) is 11.5 Å². The van der Waals surface area contributed by atoms with E-state index in [-0.39, 0.29) is 42.1 Å². The lowest BCUT2D eigenvalue weighted by atomic mass is 9.59. The molecule has 1 heterocycles. The molecule has 6 heteroatoms. The molecule has 6 nitrogen and oxygen atoms in total. The number of amides is 1. The maximum atomic E-state index is 12.4. The van der Waals surface area contributed by atoms with Gasteiger partial charge in [-0.25, -0.2) is 0 Å². The molecule has 0 radical (unpaired) electrons. The SMILES string of the molecule is CCC(=O)N[C@H]1C(C)(C)[C@@H]2C[C@@H]3[C@@H](c4ccc(OCCO)c(OC)c4)OCC[C@@]31C2. The number of ether oxygens (including phenoxy) is 3. The Morgan fingerprint density at radius 3 is 2.83 bits per heavy atom. The van der Waals surface area contributed by atoms with Crippen molar-refractivity contribution >= 4 is 5.91 Å². The summed E-state index contributed by atoms with van der Waals surface area (Å²) >= 11 is 0. The third-order valence-corrected chi connectivity index (χ3v) is 8.00. The first kappa shape index (κ1) is 21.4. The van der Waals surface area contributed by atoms with Gasteiger partial charge < -0.3 is 24.6 Å². The zero-order valence-electron chi connectivity index (χ0n) is 18.6. The normalized spacial score (nSPS) is 33.8. The summed E-state index contributed by atoms with van der Waals surface area (Å²) in [5, 5.41) is 12.4. The number of rotatable bonds is 7. The van der Waals surface area contributed by atoms with Gasteiger partial charge in [0, 0.05) is 19.1 Å². The molecule has 30 heavy (non-hydrogen) atoms. The minimum Gasteiger partial charge on any atom is -0.493 e. The van der Waals surface area contributed by atoms with Crippen LogP contribution in [0.15, 0.2) is 18.2 Å². The van der Waals surface area contributed by atoms with E-state index in [0.717, 1.165) is 24.8 Å². The number of nitrogens with one attached hydrogen (secondary N) is 1. The van der Waals surface area contributed by atoms with Gasteiger partial charge in [0.2, 0.25) is 5.91 Å². The van der Waals surface area contributed by atoms with Crippen LogP contribution >= 0.6 is 0 Å². The summed E-state index contributed by atoms with van der Waals surface area (Å²) in [7, 11) is 1.63. The highest BCUT2D eigenvalue weighted by atomic mass is 16.5. The fourth-order valence-electron chi connectivity index (χ4n) is 6.52. The second-order valence-corrected chi connectivity index (χ2v) is 9.68. The summed E-state index contributed by atoms with van der Waals surface area (Å²) in [4.78, 5) is 12.4. The lowest BCUT2D eigenvalue weighted by Gasteiger charge is -2.53. The number of aliphatic hydroxyl groups is 1. The van der Waals surface area contributed by atoms with Crippen LogP contribution in [0.1, 0.15) is 58.1 Å². The molecule has 1 spiro atoms. The van der Waals surface area contributed by atoms with Crippen molar-refractivity contribution in [2.75, 3.05) is 26.9 Å². The highest BCUT2D eigenvalue weighted by Crippen LogP contribution is 2.70. The molecule has 166 valence electrons. The number of aliphatic hydroxyl groups excluding tert-OH is 1. The lowest BCUT2D eigenvalue weighted by molar-refractivity contribution is -0.137. The summed E-state index contributed by atoms with van der Waals surface area (Å²) in [6.07, 6.45) is 3.79. The predicted molar refractivity (Wildman–Crippen MR) is 114 cm³/mol. The number of hydrogen-bond acceptors (Lipinski definition) is 5. The van der Waals surface area contributed by atoms with Gasteiger partial charge in [0.25, 0.3) is 0 Å². The molecule has 0 aromatic heterocycles. The van der Waals surface area contributed by atoms with Gasteiger partial charge in [0.1, 0.15) is 6.61 Å². The minimum atomic E-state index is -0.0384. The molecule has 1 aliphatic heterocycles. The Labute approximate surface area is 179 Å². The molecular weight excluding hydrogens is 382 g/mol. The van der Waals surface area contributed by atoms with E-state index < -0.39 is 0 Å². The molecule has 2 saturated carbocycles. The summed E-state index contributed by atoms with van der Waals surface area (Å²) in [6, 6.07) is 6.15. The molecule has 5 atom stereocenters. The molecule has 1 aromatic carbocycles. The van der Waals surface area contributed by atoms with Crippen LogP contribution in [-0.2, 0) is 9.53 Å². The average Bonchev–Trinajstić information content (AvgIpc) is 3.24. The summed E-state index contributed by atoms with van der Waals surface area (Å²) < 4.78 is 17.5. The zero-order chi connectivity index (χ0) is 21.5. The number of fused-ring (bicyclic) bond motifs is 1. The topological polar surface area (TPSA) is 77.0 Å². The van der Waals surface area contributed by atoms with Crippen molar-refractivity contribution in [3.63, 3.8) is 0 Å². The smallest absolute Gasteiger partial charge is 0.219 e. The monoisotopic (exact) mass is 417 g/mol. The van der Waals surface area contributed by atoms with Crippen molar-refractivity contribution in [1.82, 2.24) is 5.32 Å². The maximum Gasteiger partial charge on any atom is 0.219 e. The number of carbonyl (C=O) groups excluding carboxylic acids is 1. The van der Waals surface area contributed by atoms with Crippen LogP contribution in [0.4, 0.5) is 0 Å². The van der Waals surface area contributed by atoms with Gasteiger partial charge in [0.05, 0.1) is 19.8 Å². The number of hydrogen-bond donors (Lipinski definition) is 2. The molecule has 1 aromatic rings. The van der Waals surface area contributed by atoms with E-state index in [1.807, 2.05) is 19.1 Å². The molecule has 4 rings (SSSR count). The van der Waals surface area contributed by atoms with E-state index in [1.54, 1.807) is 7.11 Å². The fraction of sp³-hybridized carbons (Fsp3) is 0.708. The van der Waals surface area contributed by atoms with E-state index in [2.05, 4.69) is 25.2 Å². The largest absolute Gasteiger partial charge is 0.493 e. The van der Waals surface area contributed by atoms with Gasteiger partial charge in [-0.15, -0.1) is 0 Å². The standard InChI is InChI=1S/C24H35NO5/c1-5-20(27)25-22-23(2,3)16-13-17-21(30-10-8-24(17,22)14-16)15-6-7-18(29-11-9-26)19(12-15)28-4/h6-7,12,16-17,21-22,26H,5,8-11,13-14H2,1-4H3,(H,25,27)/t16-,17-,21-,22+,24-/m1/s1. The van der Waals surface area contributed by atoms with Crippen LogP contribution < -0.4 is 14.8 Å². The Morgan fingerprint density at radius 2 is 2.13 bits per heavy atom. The maximum absolute atomic E-state index is 12.4. The van der Waals surface area contributed by atoms with Crippen molar-refractivity contribution in [3.05, 3.63) is 23.8 Å². The van der Waals surface area contributed by atoms with E-state index in [1.165, 1.54) is 0 Å². The molecule has 3 fully saturated rings. The van der Waals surface area contributed by atoms with Gasteiger partial charge >= 0.3 is 0 Å². The van der Waals surface area contributed by atoms with Crippen molar-refractivity contribution in [2.24, 2.45) is 22.7 Å². The van der Waals surface area contributed by atoms with Crippen molar-refractivity contribution in [3.8, 4) is 11.5 Å². The first-order chi connectivity index (χ1) is 14.4. The van der Waals surface area contributed by atoms with Crippen LogP contribution in [0.25, 0.3) is 0 Å². The minimum absolute atomic E-state index is 0.0123. The van der Waals surface area contributed by atoms with Gasteiger partial charge in [-0.2, -0.15) is 0 Å². The second-order valence-electron chi connectivity index (χ2n) is 9.68. The fourth-order valence-corrected chi connectivity index (χ4v) is 6.52. The van der Waals surface area contributed by atoms with Crippen molar-refractivity contribution < 1.29 is 24.1 Å². The molecule has 0 unspecified atom stereocenters. The van der Waals surface area contributed by atoms with Crippen LogP contribution in [0, 0.1) is 22.7 Å². The summed E-state index contributed by atoms with van der Waals surface area (Å²) in [6.45, 7) is 7.46. The van der Waals surface area contributed by atoms with Crippen LogP contribution in [0.5, 0.6) is 11.5 Å². The summed E-state index contributed by atoms with van der Waals surface area (Å²) in [5.41, 5.74) is 1.28. The highest BCUT2D eigenvalue weighted by molar-refractivity contribution is 5.76. The Balaban J connectivity index is 1.64. The lowest BCUT2D eigenvalue weighted by Crippen LogP contribution is -2.58. The molecule has 2 aliphatic carbocycles. The molecule has 3 aliphatic rings. The molecule has 2 bridgehead atoms. The molecular formula is C24H35NO5. The third kappa shape index (κ3) is 3.28. The van der Waals surface area contributed by atoms with E-state index in [9.17, 15) is 4.79 Å². The molecule has 2 N–H and O–H groups in total. The van der Waals surface area contributed by atoms with E-state index in [0.29, 0.717) is 36.4 Å². The first-order valence-electron chi connectivity index (χ1n) is 11.2. The summed E-state index contributed by atoms with van der Waals surface area (Å²) in [5.74, 6) is 2.39. The zero-order valence-corrected chi connectivity index (χ0v) is 18.6. The average molecular weight is 418 g/mol. The van der Waals surface area contributed by atoms with E-state index in [4.69, 9.17) is 19.3 Å². The van der Waals surface area contributed by atoms with Gasteiger partial charge in [-0.05, 0) is 59.6 Å². The molecule has 1 amide bonds. The first-order valence-corrected chi connectivity index (χ1v) is 11.2. The quantitative estimate of drug-likeness (QED) is 0.710. The van der Waals surface area contributed by atoms with Crippen molar-refractivity contribution in [1.29, 1.82) is 0 Å². The predicted octanol–water partition coefficient (Wildman–Crippen LogP) is 3.47. The van der Waals surface area contributed by atoms with Crippen LogP contribution in [0.2, 0.25) is 0 Å². The Hall–Kier alpha value is -1.79. The molecule has 1 saturated heterocycles.